The molecular weight excluding hydrogens is 338 g/mol. The smallest absolute Gasteiger partial charge is 0.317 e. The molecule has 2 aromatic rings. The van der Waals surface area contributed by atoms with Crippen LogP contribution >= 0.6 is 11.3 Å². The van der Waals surface area contributed by atoms with E-state index in [1.54, 1.807) is 11.1 Å². The first-order valence-electron chi connectivity index (χ1n) is 8.09. The van der Waals surface area contributed by atoms with E-state index in [0.29, 0.717) is 5.13 Å². The number of carbonyl (C=O) groups excluding carboxylic acids is 1. The second kappa shape index (κ2) is 8.73. The van der Waals surface area contributed by atoms with Crippen molar-refractivity contribution < 1.29 is 14.7 Å². The van der Waals surface area contributed by atoms with Crippen molar-refractivity contribution in [1.82, 2.24) is 9.88 Å². The van der Waals surface area contributed by atoms with Crippen LogP contribution in [-0.4, -0.2) is 46.0 Å². The van der Waals surface area contributed by atoms with Crippen molar-refractivity contribution >= 4 is 28.3 Å². The molecule has 0 aliphatic rings. The van der Waals surface area contributed by atoms with Gasteiger partial charge in [0.2, 0.25) is 5.91 Å². The number of carboxylic acids is 1. The molecule has 134 valence electrons. The largest absolute Gasteiger partial charge is 0.480 e. The molecule has 6 nitrogen and oxygen atoms in total. The molecule has 0 spiro atoms. The number of hydrogen-bond acceptors (Lipinski definition) is 5. The third kappa shape index (κ3) is 6.28. The van der Waals surface area contributed by atoms with E-state index in [2.05, 4.69) is 35.4 Å². The Balaban J connectivity index is 1.93. The molecule has 0 aliphatic heterocycles. The Hall–Kier alpha value is -2.25. The zero-order chi connectivity index (χ0) is 18.4. The molecular formula is C18H23N3O3S. The summed E-state index contributed by atoms with van der Waals surface area (Å²) in [6.45, 7) is 5.64. The first-order chi connectivity index (χ1) is 11.8. The molecule has 0 saturated heterocycles. The van der Waals surface area contributed by atoms with Crippen molar-refractivity contribution in [3.63, 3.8) is 0 Å². The molecule has 0 radical (unpaired) electrons. The third-order valence-electron chi connectivity index (χ3n) is 3.68. The highest BCUT2D eigenvalue weighted by atomic mass is 32.1. The Bertz CT molecular complexity index is 743. The first-order valence-corrected chi connectivity index (χ1v) is 8.91. The lowest BCUT2D eigenvalue weighted by atomic mass is 10.1. The number of carboxylic acid groups (broad SMARTS) is 1. The van der Waals surface area contributed by atoms with Crippen LogP contribution in [0.3, 0.4) is 0 Å². The molecule has 7 heteroatoms. The Morgan fingerprint density at radius 1 is 1.32 bits per heavy atom. The van der Waals surface area contributed by atoms with Crippen molar-refractivity contribution in [1.29, 1.82) is 0 Å². The van der Waals surface area contributed by atoms with Gasteiger partial charge in [-0.15, -0.1) is 11.3 Å². The van der Waals surface area contributed by atoms with Crippen molar-refractivity contribution in [2.24, 2.45) is 0 Å². The van der Waals surface area contributed by atoms with Crippen LogP contribution in [-0.2, 0) is 16.0 Å². The van der Waals surface area contributed by atoms with Gasteiger partial charge in [-0.25, -0.2) is 4.98 Å². The van der Waals surface area contributed by atoms with Crippen LogP contribution in [0.1, 0.15) is 29.9 Å². The van der Waals surface area contributed by atoms with E-state index in [4.69, 9.17) is 5.11 Å². The molecule has 0 aliphatic carbocycles. The summed E-state index contributed by atoms with van der Waals surface area (Å²) in [5.74, 6) is -1.21. The van der Waals surface area contributed by atoms with Gasteiger partial charge in [-0.3, -0.25) is 14.5 Å². The van der Waals surface area contributed by atoms with Gasteiger partial charge in [0.15, 0.2) is 5.13 Å². The fourth-order valence-electron chi connectivity index (χ4n) is 2.41. The maximum atomic E-state index is 12.1. The average molecular weight is 361 g/mol. The fourth-order valence-corrected chi connectivity index (χ4v) is 3.27. The van der Waals surface area contributed by atoms with Crippen LogP contribution in [0.5, 0.6) is 0 Å². The van der Waals surface area contributed by atoms with Crippen molar-refractivity contribution in [2.75, 3.05) is 18.4 Å². The summed E-state index contributed by atoms with van der Waals surface area (Å²) in [5.41, 5.74) is 2.41. The Morgan fingerprint density at radius 2 is 2.08 bits per heavy atom. The molecule has 1 aromatic carbocycles. The first kappa shape index (κ1) is 19.1. The Morgan fingerprint density at radius 3 is 2.72 bits per heavy atom. The normalized spacial score (nSPS) is 11.1. The molecule has 1 heterocycles. The summed E-state index contributed by atoms with van der Waals surface area (Å²) in [4.78, 5) is 29.9. The quantitative estimate of drug-likeness (QED) is 0.755. The lowest BCUT2D eigenvalue weighted by Gasteiger charge is -2.23. The highest BCUT2D eigenvalue weighted by Crippen LogP contribution is 2.21. The number of carbonyl (C=O) groups is 2. The lowest BCUT2D eigenvalue weighted by molar-refractivity contribution is -0.139. The summed E-state index contributed by atoms with van der Waals surface area (Å²) >= 11 is 1.43. The summed E-state index contributed by atoms with van der Waals surface area (Å²) < 4.78 is 0. The number of nitrogens with one attached hydrogen (secondary N) is 1. The summed E-state index contributed by atoms with van der Waals surface area (Å²) in [5, 5.41) is 12.2. The van der Waals surface area contributed by atoms with E-state index in [-0.39, 0.29) is 25.0 Å². The summed E-state index contributed by atoms with van der Waals surface area (Å²) in [7, 11) is 0. The minimum Gasteiger partial charge on any atom is -0.480 e. The SMILES string of the molecule is Cc1cccc(Cc2cnc(NC(=O)CN(CC(=O)O)C(C)C)s2)c1. The van der Waals surface area contributed by atoms with Crippen LogP contribution in [0, 0.1) is 6.92 Å². The van der Waals surface area contributed by atoms with Crippen LogP contribution < -0.4 is 5.32 Å². The van der Waals surface area contributed by atoms with Gasteiger partial charge in [0, 0.05) is 23.5 Å². The van der Waals surface area contributed by atoms with Gasteiger partial charge >= 0.3 is 5.97 Å². The summed E-state index contributed by atoms with van der Waals surface area (Å²) in [6, 6.07) is 8.24. The van der Waals surface area contributed by atoms with Crippen molar-refractivity contribution in [3.05, 3.63) is 46.5 Å². The number of benzene rings is 1. The number of thiazole rings is 1. The number of aromatic nitrogens is 1. The standard InChI is InChI=1S/C18H23N3O3S/c1-12(2)21(11-17(23)24)10-16(22)20-18-19-9-15(25-18)8-14-6-4-5-13(3)7-14/h4-7,9,12H,8,10-11H2,1-3H3,(H,23,24)(H,19,20,22). The predicted molar refractivity (Wildman–Crippen MR) is 99.1 cm³/mol. The number of aryl methyl sites for hydroxylation is 1. The van der Waals surface area contributed by atoms with Gasteiger partial charge in [-0.1, -0.05) is 29.8 Å². The van der Waals surface area contributed by atoms with Gasteiger partial charge in [0.1, 0.15) is 0 Å². The van der Waals surface area contributed by atoms with E-state index < -0.39 is 5.97 Å². The number of hydrogen-bond donors (Lipinski definition) is 2. The van der Waals surface area contributed by atoms with Gasteiger partial charge < -0.3 is 10.4 Å². The molecule has 2 N–H and O–H groups in total. The molecule has 0 saturated carbocycles. The van der Waals surface area contributed by atoms with Crippen LogP contribution in [0.15, 0.2) is 30.5 Å². The Labute approximate surface area is 151 Å². The highest BCUT2D eigenvalue weighted by Gasteiger charge is 2.17. The van der Waals surface area contributed by atoms with E-state index in [1.807, 2.05) is 19.9 Å². The summed E-state index contributed by atoms with van der Waals surface area (Å²) in [6.07, 6.45) is 2.53. The highest BCUT2D eigenvalue weighted by molar-refractivity contribution is 7.15. The zero-order valence-corrected chi connectivity index (χ0v) is 15.5. The predicted octanol–water partition coefficient (Wildman–Crippen LogP) is 2.78. The number of anilines is 1. The fraction of sp³-hybridized carbons (Fsp3) is 0.389. The Kier molecular flexibility index (Phi) is 6.66. The van der Waals surface area contributed by atoms with Crippen molar-refractivity contribution in [3.8, 4) is 0 Å². The minimum absolute atomic E-state index is 0.0246. The molecule has 25 heavy (non-hydrogen) atoms. The second-order valence-electron chi connectivity index (χ2n) is 6.24. The number of nitrogens with zero attached hydrogens (tertiary/aromatic N) is 2. The molecule has 1 amide bonds. The maximum Gasteiger partial charge on any atom is 0.317 e. The third-order valence-corrected chi connectivity index (χ3v) is 4.59. The van der Waals surface area contributed by atoms with E-state index in [0.717, 1.165) is 11.3 Å². The van der Waals surface area contributed by atoms with Gasteiger partial charge in [-0.2, -0.15) is 0 Å². The molecule has 0 bridgehead atoms. The molecule has 1 aromatic heterocycles. The van der Waals surface area contributed by atoms with Gasteiger partial charge in [0.05, 0.1) is 13.1 Å². The molecule has 2 rings (SSSR count). The van der Waals surface area contributed by atoms with Gasteiger partial charge in [-0.05, 0) is 26.3 Å². The van der Waals surface area contributed by atoms with E-state index in [1.165, 1.54) is 22.5 Å². The number of aliphatic carboxylic acids is 1. The monoisotopic (exact) mass is 361 g/mol. The minimum atomic E-state index is -0.948. The van der Waals surface area contributed by atoms with E-state index >= 15 is 0 Å². The number of amides is 1. The molecule has 0 unspecified atom stereocenters. The van der Waals surface area contributed by atoms with E-state index in [9.17, 15) is 9.59 Å². The van der Waals surface area contributed by atoms with Crippen molar-refractivity contribution in [2.45, 2.75) is 33.2 Å². The van der Waals surface area contributed by atoms with Crippen LogP contribution in [0.2, 0.25) is 0 Å². The van der Waals surface area contributed by atoms with Crippen LogP contribution in [0.25, 0.3) is 0 Å². The maximum absolute atomic E-state index is 12.1. The topological polar surface area (TPSA) is 82.5 Å². The average Bonchev–Trinajstić information content (AvgIpc) is 2.92. The molecule has 0 fully saturated rings. The second-order valence-corrected chi connectivity index (χ2v) is 7.35. The van der Waals surface area contributed by atoms with Gasteiger partial charge in [0.25, 0.3) is 0 Å². The lowest BCUT2D eigenvalue weighted by Crippen LogP contribution is -2.41. The molecule has 0 atom stereocenters. The zero-order valence-electron chi connectivity index (χ0n) is 14.7. The van der Waals surface area contributed by atoms with Crippen LogP contribution in [0.4, 0.5) is 5.13 Å². The number of rotatable bonds is 8.